The molecule has 0 aliphatic heterocycles. The number of nitrogens with zero attached hydrogens (tertiary/aromatic N) is 2. The zero-order valence-corrected chi connectivity index (χ0v) is 13.4. The van der Waals surface area contributed by atoms with Gasteiger partial charge in [0, 0.05) is 30.0 Å². The standard InChI is InChI=1S/C16H21N3OS/c1-11-6-4-8-14(16(17)18-20)15(11)19(3)12(2)10-13-7-5-9-21-13/h4-9,12,20H,10H2,1-3H3,(H2,17,18). The van der Waals surface area contributed by atoms with Crippen LogP contribution < -0.4 is 10.6 Å². The van der Waals surface area contributed by atoms with Gasteiger partial charge in [0.1, 0.15) is 0 Å². The fourth-order valence-corrected chi connectivity index (χ4v) is 3.29. The first-order valence-corrected chi connectivity index (χ1v) is 7.75. The molecule has 112 valence electrons. The van der Waals surface area contributed by atoms with Crippen LogP contribution in [0.1, 0.15) is 22.9 Å². The zero-order valence-electron chi connectivity index (χ0n) is 12.6. The SMILES string of the molecule is Cc1cccc(/C(N)=N/O)c1N(C)C(C)Cc1cccs1. The Morgan fingerprint density at radius 3 is 2.76 bits per heavy atom. The van der Waals surface area contributed by atoms with Gasteiger partial charge >= 0.3 is 0 Å². The number of hydrogen-bond donors (Lipinski definition) is 2. The van der Waals surface area contributed by atoms with Gasteiger partial charge in [0.2, 0.25) is 0 Å². The van der Waals surface area contributed by atoms with Gasteiger partial charge in [0.05, 0.1) is 5.69 Å². The number of likely N-dealkylation sites (N-methyl/N-ethyl adjacent to an activating group) is 1. The van der Waals surface area contributed by atoms with Crippen LogP contribution in [0.25, 0.3) is 0 Å². The molecule has 0 aliphatic rings. The second-order valence-corrected chi connectivity index (χ2v) is 6.23. The Morgan fingerprint density at radius 1 is 1.38 bits per heavy atom. The summed E-state index contributed by atoms with van der Waals surface area (Å²) in [6, 6.07) is 10.4. The molecule has 0 bridgehead atoms. The smallest absolute Gasteiger partial charge is 0.172 e. The molecule has 3 N–H and O–H groups in total. The van der Waals surface area contributed by atoms with Crippen molar-refractivity contribution in [2.45, 2.75) is 26.3 Å². The topological polar surface area (TPSA) is 61.9 Å². The number of hydrogen-bond acceptors (Lipinski definition) is 4. The highest BCUT2D eigenvalue weighted by Crippen LogP contribution is 2.27. The van der Waals surface area contributed by atoms with Gasteiger partial charge < -0.3 is 15.8 Å². The molecule has 21 heavy (non-hydrogen) atoms. The van der Waals surface area contributed by atoms with Gasteiger partial charge in [-0.25, -0.2) is 0 Å². The van der Waals surface area contributed by atoms with E-state index in [1.54, 1.807) is 11.3 Å². The highest BCUT2D eigenvalue weighted by Gasteiger charge is 2.18. The minimum absolute atomic E-state index is 0.142. The van der Waals surface area contributed by atoms with Crippen LogP contribution in [0.5, 0.6) is 0 Å². The first-order chi connectivity index (χ1) is 10.0. The van der Waals surface area contributed by atoms with Crippen LogP contribution in [0.4, 0.5) is 5.69 Å². The summed E-state index contributed by atoms with van der Waals surface area (Å²) in [6.45, 7) is 4.22. The molecule has 1 aromatic carbocycles. The number of amidine groups is 1. The molecule has 2 aromatic rings. The van der Waals surface area contributed by atoms with E-state index < -0.39 is 0 Å². The van der Waals surface area contributed by atoms with E-state index >= 15 is 0 Å². The van der Waals surface area contributed by atoms with Crippen molar-refractivity contribution in [2.24, 2.45) is 10.9 Å². The molecule has 0 amide bonds. The van der Waals surface area contributed by atoms with Crippen LogP contribution >= 0.6 is 11.3 Å². The fraction of sp³-hybridized carbons (Fsp3) is 0.312. The maximum Gasteiger partial charge on any atom is 0.172 e. The van der Waals surface area contributed by atoms with Crippen molar-refractivity contribution in [3.8, 4) is 0 Å². The quantitative estimate of drug-likeness (QED) is 0.386. The summed E-state index contributed by atoms with van der Waals surface area (Å²) in [5.41, 5.74) is 8.70. The molecule has 4 nitrogen and oxygen atoms in total. The number of oxime groups is 1. The van der Waals surface area contributed by atoms with Crippen molar-refractivity contribution in [1.29, 1.82) is 0 Å². The summed E-state index contributed by atoms with van der Waals surface area (Å²) in [7, 11) is 2.05. The lowest BCUT2D eigenvalue weighted by Crippen LogP contribution is -2.33. The van der Waals surface area contributed by atoms with Crippen LogP contribution in [-0.4, -0.2) is 24.1 Å². The van der Waals surface area contributed by atoms with Crippen molar-refractivity contribution >= 4 is 22.9 Å². The Hall–Kier alpha value is -2.01. The molecule has 1 heterocycles. The molecule has 2 rings (SSSR count). The summed E-state index contributed by atoms with van der Waals surface area (Å²) in [5.74, 6) is 0.142. The van der Waals surface area contributed by atoms with E-state index in [4.69, 9.17) is 10.9 Å². The van der Waals surface area contributed by atoms with E-state index in [1.807, 2.05) is 25.1 Å². The fourth-order valence-electron chi connectivity index (χ4n) is 2.46. The number of benzene rings is 1. The van der Waals surface area contributed by atoms with Crippen molar-refractivity contribution in [2.75, 3.05) is 11.9 Å². The first-order valence-electron chi connectivity index (χ1n) is 6.87. The number of thiophene rings is 1. The lowest BCUT2D eigenvalue weighted by molar-refractivity contribution is 0.318. The molecule has 1 unspecified atom stereocenters. The minimum Gasteiger partial charge on any atom is -0.409 e. The largest absolute Gasteiger partial charge is 0.409 e. The van der Waals surface area contributed by atoms with Crippen LogP contribution in [0.15, 0.2) is 40.9 Å². The van der Waals surface area contributed by atoms with Crippen LogP contribution in [-0.2, 0) is 6.42 Å². The van der Waals surface area contributed by atoms with E-state index in [9.17, 15) is 0 Å². The predicted octanol–water partition coefficient (Wildman–Crippen LogP) is 3.22. The first kappa shape index (κ1) is 15.4. The second kappa shape index (κ2) is 6.63. The van der Waals surface area contributed by atoms with Gasteiger partial charge in [-0.15, -0.1) is 11.3 Å². The van der Waals surface area contributed by atoms with E-state index in [1.165, 1.54) is 4.88 Å². The molecular weight excluding hydrogens is 282 g/mol. The summed E-state index contributed by atoms with van der Waals surface area (Å²) in [4.78, 5) is 3.55. The Balaban J connectivity index is 2.31. The van der Waals surface area contributed by atoms with Crippen LogP contribution in [0.3, 0.4) is 0 Å². The summed E-state index contributed by atoms with van der Waals surface area (Å²) in [5, 5.41) is 14.2. The number of rotatable bonds is 5. The number of para-hydroxylation sites is 1. The van der Waals surface area contributed by atoms with Crippen molar-refractivity contribution in [1.82, 2.24) is 0 Å². The molecule has 1 atom stereocenters. The van der Waals surface area contributed by atoms with Crippen molar-refractivity contribution < 1.29 is 5.21 Å². The molecule has 0 aliphatic carbocycles. The molecule has 0 radical (unpaired) electrons. The Morgan fingerprint density at radius 2 is 2.14 bits per heavy atom. The molecule has 5 heteroatoms. The number of anilines is 1. The van der Waals surface area contributed by atoms with E-state index in [0.29, 0.717) is 6.04 Å². The highest BCUT2D eigenvalue weighted by atomic mass is 32.1. The summed E-state index contributed by atoms with van der Waals surface area (Å²) in [6.07, 6.45) is 0.970. The molecule has 0 saturated heterocycles. The monoisotopic (exact) mass is 303 g/mol. The van der Waals surface area contributed by atoms with E-state index in [2.05, 4.69) is 41.5 Å². The second-order valence-electron chi connectivity index (χ2n) is 5.20. The van der Waals surface area contributed by atoms with Gasteiger partial charge in [0.25, 0.3) is 0 Å². The Bertz CT molecular complexity index is 622. The average Bonchev–Trinajstić information content (AvgIpc) is 2.98. The molecular formula is C16H21N3OS. The maximum absolute atomic E-state index is 8.98. The van der Waals surface area contributed by atoms with Crippen molar-refractivity contribution in [3.63, 3.8) is 0 Å². The van der Waals surface area contributed by atoms with Gasteiger partial charge in [0.15, 0.2) is 5.84 Å². The van der Waals surface area contributed by atoms with Crippen LogP contribution in [0.2, 0.25) is 0 Å². The van der Waals surface area contributed by atoms with Gasteiger partial charge in [-0.1, -0.05) is 23.4 Å². The number of aryl methyl sites for hydroxylation is 1. The molecule has 0 spiro atoms. The Labute approximate surface area is 129 Å². The van der Waals surface area contributed by atoms with Gasteiger partial charge in [-0.3, -0.25) is 0 Å². The minimum atomic E-state index is 0.142. The van der Waals surface area contributed by atoms with Gasteiger partial charge in [-0.05, 0) is 36.9 Å². The Kier molecular flexibility index (Phi) is 4.85. The molecule has 0 saturated carbocycles. The molecule has 1 aromatic heterocycles. The third-order valence-electron chi connectivity index (χ3n) is 3.71. The third kappa shape index (κ3) is 3.36. The highest BCUT2D eigenvalue weighted by molar-refractivity contribution is 7.09. The summed E-state index contributed by atoms with van der Waals surface area (Å²) < 4.78 is 0. The molecule has 0 fully saturated rings. The van der Waals surface area contributed by atoms with Gasteiger partial charge in [-0.2, -0.15) is 0 Å². The predicted molar refractivity (Wildman–Crippen MR) is 89.6 cm³/mol. The van der Waals surface area contributed by atoms with E-state index in [0.717, 1.165) is 23.2 Å². The van der Waals surface area contributed by atoms with Crippen molar-refractivity contribution in [3.05, 3.63) is 51.7 Å². The third-order valence-corrected chi connectivity index (χ3v) is 4.61. The summed E-state index contributed by atoms with van der Waals surface area (Å²) >= 11 is 1.77. The lowest BCUT2D eigenvalue weighted by atomic mass is 10.0. The lowest BCUT2D eigenvalue weighted by Gasteiger charge is -2.30. The average molecular weight is 303 g/mol. The maximum atomic E-state index is 8.98. The zero-order chi connectivity index (χ0) is 15.4. The number of nitrogens with two attached hydrogens (primary N) is 1. The normalized spacial score (nSPS) is 13.2. The van der Waals surface area contributed by atoms with E-state index in [-0.39, 0.29) is 5.84 Å². The van der Waals surface area contributed by atoms with Crippen LogP contribution in [0, 0.1) is 6.92 Å².